The Hall–Kier alpha value is -3.63. The van der Waals surface area contributed by atoms with E-state index in [0.717, 1.165) is 11.1 Å². The van der Waals surface area contributed by atoms with Crippen molar-refractivity contribution in [3.05, 3.63) is 98.0 Å². The van der Waals surface area contributed by atoms with Crippen LogP contribution >= 0.6 is 15.9 Å². The Morgan fingerprint density at radius 1 is 1.17 bits per heavy atom. The van der Waals surface area contributed by atoms with Gasteiger partial charge in [-0.25, -0.2) is 0 Å². The Kier molecular flexibility index (Phi) is 6.83. The quantitative estimate of drug-likeness (QED) is 0.185. The highest BCUT2D eigenvalue weighted by Gasteiger charge is 2.13. The predicted molar refractivity (Wildman–Crippen MR) is 118 cm³/mol. The number of non-ortho nitro benzene ring substituents is 1. The van der Waals surface area contributed by atoms with Gasteiger partial charge in [-0.15, -0.1) is 0 Å². The van der Waals surface area contributed by atoms with Crippen molar-refractivity contribution in [1.82, 2.24) is 0 Å². The molecule has 0 spiro atoms. The molecule has 0 N–H and O–H groups in total. The first-order chi connectivity index (χ1) is 14.5. The van der Waals surface area contributed by atoms with Crippen molar-refractivity contribution in [2.75, 3.05) is 7.11 Å². The molecule has 7 heteroatoms. The molecule has 0 unspecified atom stereocenters. The second kappa shape index (κ2) is 9.72. The molecule has 0 aromatic heterocycles. The fourth-order valence-electron chi connectivity index (χ4n) is 2.80. The van der Waals surface area contributed by atoms with E-state index in [1.54, 1.807) is 31.4 Å². The number of halogens is 1. The molecule has 0 atom stereocenters. The number of nitro groups is 1. The zero-order valence-electron chi connectivity index (χ0n) is 16.0. The minimum Gasteiger partial charge on any atom is -0.493 e. The Bertz CT molecular complexity index is 1120. The van der Waals surface area contributed by atoms with E-state index in [1.165, 1.54) is 12.1 Å². The minimum absolute atomic E-state index is 0.0274. The molecule has 30 heavy (non-hydrogen) atoms. The Morgan fingerprint density at radius 2 is 1.87 bits per heavy atom. The standard InChI is InChI=1S/C23H17BrN2O4/c1-29-22-13-17(11-19(14-25)18-7-9-20(10-8-18)26(27)28)12-21(24)23(22)30-15-16-5-3-2-4-6-16/h2-13H,15H2,1H3. The van der Waals surface area contributed by atoms with E-state index in [-0.39, 0.29) is 5.69 Å². The molecule has 0 amide bonds. The fraction of sp³-hybridized carbons (Fsp3) is 0.0870. The lowest BCUT2D eigenvalue weighted by Gasteiger charge is -2.14. The van der Waals surface area contributed by atoms with Crippen molar-refractivity contribution in [1.29, 1.82) is 5.26 Å². The number of hydrogen-bond acceptors (Lipinski definition) is 5. The molecule has 0 bridgehead atoms. The summed E-state index contributed by atoms with van der Waals surface area (Å²) in [5.74, 6) is 1.08. The van der Waals surface area contributed by atoms with Gasteiger partial charge < -0.3 is 9.47 Å². The predicted octanol–water partition coefficient (Wildman–Crippen LogP) is 6.01. The highest BCUT2D eigenvalue weighted by atomic mass is 79.9. The third-order valence-electron chi connectivity index (χ3n) is 4.30. The van der Waals surface area contributed by atoms with Gasteiger partial charge in [0.1, 0.15) is 6.61 Å². The van der Waals surface area contributed by atoms with E-state index in [4.69, 9.17) is 9.47 Å². The lowest BCUT2D eigenvalue weighted by molar-refractivity contribution is -0.384. The lowest BCUT2D eigenvalue weighted by atomic mass is 10.0. The van der Waals surface area contributed by atoms with Crippen LogP contribution < -0.4 is 9.47 Å². The fourth-order valence-corrected chi connectivity index (χ4v) is 3.38. The summed E-state index contributed by atoms with van der Waals surface area (Å²) < 4.78 is 12.1. The molecule has 6 nitrogen and oxygen atoms in total. The molecule has 0 saturated heterocycles. The SMILES string of the molecule is COc1cc(C=C(C#N)c2ccc([N+](=O)[O-])cc2)cc(Br)c1OCc1ccccc1. The summed E-state index contributed by atoms with van der Waals surface area (Å²) in [6.07, 6.45) is 1.69. The largest absolute Gasteiger partial charge is 0.493 e. The molecule has 0 saturated carbocycles. The van der Waals surface area contributed by atoms with E-state index in [9.17, 15) is 15.4 Å². The van der Waals surface area contributed by atoms with Crippen molar-refractivity contribution >= 4 is 33.3 Å². The van der Waals surface area contributed by atoms with Gasteiger partial charge in [-0.2, -0.15) is 5.26 Å². The molecular weight excluding hydrogens is 448 g/mol. The van der Waals surface area contributed by atoms with Crippen LogP contribution in [0.1, 0.15) is 16.7 Å². The van der Waals surface area contributed by atoms with Crippen LogP contribution in [0.3, 0.4) is 0 Å². The van der Waals surface area contributed by atoms with Crippen LogP contribution in [0.15, 0.2) is 71.2 Å². The van der Waals surface area contributed by atoms with Gasteiger partial charge in [-0.3, -0.25) is 10.1 Å². The van der Waals surface area contributed by atoms with Crippen molar-refractivity contribution in [2.45, 2.75) is 6.61 Å². The van der Waals surface area contributed by atoms with E-state index in [2.05, 4.69) is 22.0 Å². The number of hydrogen-bond donors (Lipinski definition) is 0. The summed E-state index contributed by atoms with van der Waals surface area (Å²) in [7, 11) is 1.55. The van der Waals surface area contributed by atoms with Crippen molar-refractivity contribution in [2.24, 2.45) is 0 Å². The van der Waals surface area contributed by atoms with Gasteiger partial charge >= 0.3 is 0 Å². The zero-order chi connectivity index (χ0) is 21.5. The first kappa shape index (κ1) is 21.1. The first-order valence-electron chi connectivity index (χ1n) is 8.92. The van der Waals surface area contributed by atoms with Gasteiger partial charge in [0, 0.05) is 12.1 Å². The van der Waals surface area contributed by atoms with E-state index >= 15 is 0 Å². The molecule has 150 valence electrons. The van der Waals surface area contributed by atoms with E-state index in [0.29, 0.717) is 33.7 Å². The van der Waals surface area contributed by atoms with Crippen molar-refractivity contribution in [3.8, 4) is 17.6 Å². The Morgan fingerprint density at radius 3 is 2.47 bits per heavy atom. The molecule has 3 aromatic carbocycles. The summed E-state index contributed by atoms with van der Waals surface area (Å²) in [6, 6.07) is 21.4. The molecule has 3 aromatic rings. The maximum atomic E-state index is 10.8. The van der Waals surface area contributed by atoms with E-state index < -0.39 is 4.92 Å². The van der Waals surface area contributed by atoms with Gasteiger partial charge in [0.05, 0.1) is 28.1 Å². The second-order valence-corrected chi connectivity index (χ2v) is 7.14. The highest BCUT2D eigenvalue weighted by molar-refractivity contribution is 9.10. The normalized spacial score (nSPS) is 10.9. The number of nitro benzene ring substituents is 1. The van der Waals surface area contributed by atoms with Crippen LogP contribution in [0.2, 0.25) is 0 Å². The monoisotopic (exact) mass is 464 g/mol. The summed E-state index contributed by atoms with van der Waals surface area (Å²) in [5, 5.41) is 20.4. The topological polar surface area (TPSA) is 85.4 Å². The molecule has 3 rings (SSSR count). The number of allylic oxidation sites excluding steroid dienone is 1. The first-order valence-corrected chi connectivity index (χ1v) is 9.72. The van der Waals surface area contributed by atoms with Gasteiger partial charge in [-0.05, 0) is 63.0 Å². The second-order valence-electron chi connectivity index (χ2n) is 6.28. The zero-order valence-corrected chi connectivity index (χ0v) is 17.6. The molecule has 0 radical (unpaired) electrons. The van der Waals surface area contributed by atoms with Crippen LogP contribution in [0.5, 0.6) is 11.5 Å². The molecule has 0 heterocycles. The van der Waals surface area contributed by atoms with Gasteiger partial charge in [0.2, 0.25) is 0 Å². The van der Waals surface area contributed by atoms with Crippen LogP contribution in [-0.2, 0) is 6.61 Å². The van der Waals surface area contributed by atoms with Crippen molar-refractivity contribution < 1.29 is 14.4 Å². The number of nitriles is 1. The van der Waals surface area contributed by atoms with Gasteiger partial charge in [0.15, 0.2) is 11.5 Å². The Balaban J connectivity index is 1.89. The summed E-state index contributed by atoms with van der Waals surface area (Å²) in [5.41, 5.74) is 2.68. The Labute approximate surface area is 182 Å². The van der Waals surface area contributed by atoms with Crippen LogP contribution in [0, 0.1) is 21.4 Å². The molecule has 0 aliphatic heterocycles. The molecule has 0 fully saturated rings. The molecule has 0 aliphatic carbocycles. The maximum absolute atomic E-state index is 10.8. The minimum atomic E-state index is -0.477. The highest BCUT2D eigenvalue weighted by Crippen LogP contribution is 2.38. The number of rotatable bonds is 7. The number of ether oxygens (including phenoxy) is 2. The third kappa shape index (κ3) is 5.04. The molecular formula is C23H17BrN2O4. The number of benzene rings is 3. The smallest absolute Gasteiger partial charge is 0.269 e. The van der Waals surface area contributed by atoms with Crippen LogP contribution in [-0.4, -0.2) is 12.0 Å². The lowest BCUT2D eigenvalue weighted by Crippen LogP contribution is -1.99. The van der Waals surface area contributed by atoms with Crippen LogP contribution in [0.4, 0.5) is 5.69 Å². The van der Waals surface area contributed by atoms with Crippen LogP contribution in [0.25, 0.3) is 11.6 Å². The van der Waals surface area contributed by atoms with E-state index in [1.807, 2.05) is 36.4 Å². The average molecular weight is 465 g/mol. The average Bonchev–Trinajstić information content (AvgIpc) is 2.77. The maximum Gasteiger partial charge on any atom is 0.269 e. The summed E-state index contributed by atoms with van der Waals surface area (Å²) in [4.78, 5) is 10.3. The number of nitrogens with zero attached hydrogens (tertiary/aromatic N) is 2. The van der Waals surface area contributed by atoms with Crippen molar-refractivity contribution in [3.63, 3.8) is 0 Å². The number of methoxy groups -OCH3 is 1. The molecule has 0 aliphatic rings. The summed E-state index contributed by atoms with van der Waals surface area (Å²) in [6.45, 7) is 0.386. The van der Waals surface area contributed by atoms with Gasteiger partial charge in [-0.1, -0.05) is 30.3 Å². The third-order valence-corrected chi connectivity index (χ3v) is 4.89. The summed E-state index contributed by atoms with van der Waals surface area (Å²) >= 11 is 3.51. The van der Waals surface area contributed by atoms with Gasteiger partial charge in [0.25, 0.3) is 5.69 Å².